The second-order valence-corrected chi connectivity index (χ2v) is 3.80. The summed E-state index contributed by atoms with van der Waals surface area (Å²) in [4.78, 5) is 15.9. The Kier molecular flexibility index (Phi) is 2.77. The molecular weight excluding hydrogens is 244 g/mol. The number of nitrogens with zero attached hydrogens (tertiary/aromatic N) is 4. The maximum atomic E-state index is 12.0. The number of anilines is 1. The van der Waals surface area contributed by atoms with Crippen LogP contribution in [0.25, 0.3) is 5.69 Å². The van der Waals surface area contributed by atoms with Crippen molar-refractivity contribution in [2.24, 2.45) is 0 Å². The molecule has 1 amide bonds. The van der Waals surface area contributed by atoms with E-state index in [4.69, 9.17) is 0 Å². The van der Waals surface area contributed by atoms with E-state index < -0.39 is 0 Å². The van der Waals surface area contributed by atoms with Crippen LogP contribution in [0.4, 0.5) is 5.69 Å². The molecule has 0 saturated carbocycles. The number of rotatable bonds is 3. The predicted molar refractivity (Wildman–Crippen MR) is 67.9 cm³/mol. The van der Waals surface area contributed by atoms with E-state index in [1.807, 2.05) is 18.2 Å². The van der Waals surface area contributed by atoms with Crippen molar-refractivity contribution in [1.29, 1.82) is 0 Å². The van der Waals surface area contributed by atoms with E-state index in [1.165, 1.54) is 18.7 Å². The summed E-state index contributed by atoms with van der Waals surface area (Å²) in [5, 5.41) is 13.2. The van der Waals surface area contributed by atoms with Crippen LogP contribution in [0.5, 0.6) is 0 Å². The van der Waals surface area contributed by atoms with Crippen molar-refractivity contribution in [3.05, 3.63) is 54.9 Å². The Morgan fingerprint density at radius 1 is 1.32 bits per heavy atom. The van der Waals surface area contributed by atoms with Gasteiger partial charge >= 0.3 is 0 Å². The molecule has 2 heterocycles. The van der Waals surface area contributed by atoms with Gasteiger partial charge in [-0.15, -0.1) is 0 Å². The van der Waals surface area contributed by atoms with Gasteiger partial charge in [0.2, 0.25) is 0 Å². The standard InChI is InChI=1S/C12H10N6O/c19-12(9-5-14-15-6-9)17-10-3-1-2-4-11(10)18-8-13-7-16-18/h1-8H,(H,14,15)(H,17,19). The number of hydrogen-bond acceptors (Lipinski definition) is 4. The van der Waals surface area contributed by atoms with Crippen LogP contribution >= 0.6 is 0 Å². The Morgan fingerprint density at radius 2 is 2.21 bits per heavy atom. The molecule has 94 valence electrons. The molecule has 0 aliphatic carbocycles. The Hall–Kier alpha value is -2.96. The smallest absolute Gasteiger partial charge is 0.258 e. The average molecular weight is 254 g/mol. The summed E-state index contributed by atoms with van der Waals surface area (Å²) in [6.45, 7) is 0. The molecule has 7 nitrogen and oxygen atoms in total. The number of carbonyl (C=O) groups is 1. The van der Waals surface area contributed by atoms with E-state index in [1.54, 1.807) is 17.1 Å². The van der Waals surface area contributed by atoms with Gasteiger partial charge in [0, 0.05) is 6.20 Å². The zero-order valence-electron chi connectivity index (χ0n) is 9.82. The summed E-state index contributed by atoms with van der Waals surface area (Å²) in [6.07, 6.45) is 6.01. The fourth-order valence-corrected chi connectivity index (χ4v) is 1.68. The van der Waals surface area contributed by atoms with E-state index in [2.05, 4.69) is 25.6 Å². The molecule has 3 aromatic rings. The monoisotopic (exact) mass is 254 g/mol. The van der Waals surface area contributed by atoms with E-state index in [0.717, 1.165) is 5.69 Å². The normalized spacial score (nSPS) is 10.3. The highest BCUT2D eigenvalue weighted by Crippen LogP contribution is 2.19. The minimum Gasteiger partial charge on any atom is -0.320 e. The van der Waals surface area contributed by atoms with Gasteiger partial charge < -0.3 is 5.32 Å². The molecule has 0 fully saturated rings. The summed E-state index contributed by atoms with van der Waals surface area (Å²) >= 11 is 0. The molecule has 1 aromatic carbocycles. The number of aromatic nitrogens is 5. The van der Waals surface area contributed by atoms with E-state index >= 15 is 0 Å². The third-order valence-electron chi connectivity index (χ3n) is 2.58. The zero-order chi connectivity index (χ0) is 13.1. The van der Waals surface area contributed by atoms with Gasteiger partial charge in [0.15, 0.2) is 0 Å². The summed E-state index contributed by atoms with van der Waals surface area (Å²) < 4.78 is 1.59. The lowest BCUT2D eigenvalue weighted by Crippen LogP contribution is -2.13. The van der Waals surface area contributed by atoms with E-state index in [-0.39, 0.29) is 5.91 Å². The fourth-order valence-electron chi connectivity index (χ4n) is 1.68. The first-order valence-electron chi connectivity index (χ1n) is 5.59. The van der Waals surface area contributed by atoms with Crippen molar-refractivity contribution in [3.63, 3.8) is 0 Å². The van der Waals surface area contributed by atoms with Crippen molar-refractivity contribution >= 4 is 11.6 Å². The molecule has 7 heteroatoms. The maximum Gasteiger partial charge on any atom is 0.258 e. The number of nitrogens with one attached hydrogen (secondary N) is 2. The van der Waals surface area contributed by atoms with Gasteiger partial charge in [0.05, 0.1) is 23.1 Å². The van der Waals surface area contributed by atoms with Crippen LogP contribution in [0.3, 0.4) is 0 Å². The van der Waals surface area contributed by atoms with Gasteiger partial charge in [-0.3, -0.25) is 9.89 Å². The number of H-pyrrole nitrogens is 1. The Bertz CT molecular complexity index is 674. The van der Waals surface area contributed by atoms with Gasteiger partial charge in [-0.25, -0.2) is 9.67 Å². The lowest BCUT2D eigenvalue weighted by atomic mass is 10.2. The van der Waals surface area contributed by atoms with Crippen LogP contribution in [0.2, 0.25) is 0 Å². The fraction of sp³-hybridized carbons (Fsp3) is 0. The quantitative estimate of drug-likeness (QED) is 0.736. The Morgan fingerprint density at radius 3 is 2.95 bits per heavy atom. The minimum absolute atomic E-state index is 0.235. The highest BCUT2D eigenvalue weighted by atomic mass is 16.1. The lowest BCUT2D eigenvalue weighted by molar-refractivity contribution is 0.102. The van der Waals surface area contributed by atoms with Crippen LogP contribution in [-0.2, 0) is 0 Å². The summed E-state index contributed by atoms with van der Waals surface area (Å²) in [6, 6.07) is 7.35. The number of aromatic amines is 1. The molecule has 0 spiro atoms. The molecule has 0 saturated heterocycles. The second kappa shape index (κ2) is 4.73. The third-order valence-corrected chi connectivity index (χ3v) is 2.58. The molecule has 2 N–H and O–H groups in total. The summed E-state index contributed by atoms with van der Waals surface area (Å²) in [5.41, 5.74) is 1.87. The molecule has 0 radical (unpaired) electrons. The number of benzene rings is 1. The number of amides is 1. The molecule has 0 bridgehead atoms. The SMILES string of the molecule is O=C(Nc1ccccc1-n1cncn1)c1cn[nH]c1. The molecule has 3 rings (SSSR count). The van der Waals surface area contributed by atoms with E-state index in [0.29, 0.717) is 11.3 Å². The summed E-state index contributed by atoms with van der Waals surface area (Å²) in [7, 11) is 0. The van der Waals surface area contributed by atoms with Crippen LogP contribution in [0.1, 0.15) is 10.4 Å². The van der Waals surface area contributed by atoms with Crippen molar-refractivity contribution in [3.8, 4) is 5.69 Å². The molecule has 19 heavy (non-hydrogen) atoms. The number of carbonyl (C=O) groups excluding carboxylic acids is 1. The van der Waals surface area contributed by atoms with Crippen molar-refractivity contribution in [2.75, 3.05) is 5.32 Å². The molecule has 0 aliphatic rings. The largest absolute Gasteiger partial charge is 0.320 e. The highest BCUT2D eigenvalue weighted by Gasteiger charge is 2.10. The van der Waals surface area contributed by atoms with Gasteiger partial charge in [-0.2, -0.15) is 10.2 Å². The third kappa shape index (κ3) is 2.21. The lowest BCUT2D eigenvalue weighted by Gasteiger charge is -2.09. The van der Waals surface area contributed by atoms with Crippen LogP contribution in [0.15, 0.2) is 49.3 Å². The topological polar surface area (TPSA) is 88.5 Å². The van der Waals surface area contributed by atoms with Crippen molar-refractivity contribution in [2.45, 2.75) is 0 Å². The van der Waals surface area contributed by atoms with Crippen LogP contribution in [0, 0.1) is 0 Å². The predicted octanol–water partition coefficient (Wildman–Crippen LogP) is 1.24. The zero-order valence-corrected chi connectivity index (χ0v) is 9.82. The first kappa shape index (κ1) is 11.1. The minimum atomic E-state index is -0.235. The molecular formula is C12H10N6O. The van der Waals surface area contributed by atoms with Crippen LogP contribution in [-0.4, -0.2) is 30.9 Å². The average Bonchev–Trinajstić information content (AvgIpc) is 3.13. The molecule has 0 atom stereocenters. The van der Waals surface area contributed by atoms with Crippen molar-refractivity contribution in [1.82, 2.24) is 25.0 Å². The van der Waals surface area contributed by atoms with Crippen LogP contribution < -0.4 is 5.32 Å². The molecule has 0 aliphatic heterocycles. The first-order chi connectivity index (χ1) is 9.34. The Labute approximate surface area is 108 Å². The van der Waals surface area contributed by atoms with Gasteiger partial charge in [0.1, 0.15) is 12.7 Å². The molecule has 2 aromatic heterocycles. The van der Waals surface area contributed by atoms with Crippen molar-refractivity contribution < 1.29 is 4.79 Å². The second-order valence-electron chi connectivity index (χ2n) is 3.80. The van der Waals surface area contributed by atoms with E-state index in [9.17, 15) is 4.79 Å². The molecule has 0 unspecified atom stereocenters. The van der Waals surface area contributed by atoms with Gasteiger partial charge in [-0.1, -0.05) is 12.1 Å². The Balaban J connectivity index is 1.92. The summed E-state index contributed by atoms with van der Waals surface area (Å²) in [5.74, 6) is -0.235. The number of hydrogen-bond donors (Lipinski definition) is 2. The highest BCUT2D eigenvalue weighted by molar-refractivity contribution is 6.04. The maximum absolute atomic E-state index is 12.0. The number of para-hydroxylation sites is 2. The first-order valence-corrected chi connectivity index (χ1v) is 5.59. The van der Waals surface area contributed by atoms with Gasteiger partial charge in [0.25, 0.3) is 5.91 Å². The van der Waals surface area contributed by atoms with Gasteiger partial charge in [-0.05, 0) is 12.1 Å².